The van der Waals surface area contributed by atoms with Gasteiger partial charge in [-0.25, -0.2) is 0 Å². The summed E-state index contributed by atoms with van der Waals surface area (Å²) >= 11 is 0. The second kappa shape index (κ2) is 6.55. The van der Waals surface area contributed by atoms with Gasteiger partial charge in [0.15, 0.2) is 0 Å². The Morgan fingerprint density at radius 3 is 2.57 bits per heavy atom. The van der Waals surface area contributed by atoms with Crippen LogP contribution in [0.4, 0.5) is 11.4 Å². The second-order valence-corrected chi connectivity index (χ2v) is 5.01. The minimum atomic E-state index is -0.956. The SMILES string of the molecule is O=C(O)C1CC(=O)N(c2ccc(NCC(O)CO)cc2)C1. The van der Waals surface area contributed by atoms with Crippen molar-refractivity contribution in [1.29, 1.82) is 0 Å². The molecule has 0 saturated carbocycles. The fraction of sp³-hybridized carbons (Fsp3) is 0.429. The van der Waals surface area contributed by atoms with Crippen LogP contribution in [0.25, 0.3) is 0 Å². The Bertz CT molecular complexity index is 517. The summed E-state index contributed by atoms with van der Waals surface area (Å²) in [5, 5.41) is 29.9. The van der Waals surface area contributed by atoms with Gasteiger partial charge in [0, 0.05) is 30.9 Å². The lowest BCUT2D eigenvalue weighted by atomic mass is 10.1. The van der Waals surface area contributed by atoms with Gasteiger partial charge in [0.05, 0.1) is 18.6 Å². The number of carboxylic acid groups (broad SMARTS) is 1. The van der Waals surface area contributed by atoms with Gasteiger partial charge in [-0.3, -0.25) is 9.59 Å². The van der Waals surface area contributed by atoms with Crippen molar-refractivity contribution < 1.29 is 24.9 Å². The van der Waals surface area contributed by atoms with Gasteiger partial charge in [-0.1, -0.05) is 0 Å². The lowest BCUT2D eigenvalue weighted by molar-refractivity contribution is -0.141. The van der Waals surface area contributed by atoms with Crippen LogP contribution >= 0.6 is 0 Å². The van der Waals surface area contributed by atoms with Gasteiger partial charge in [0.25, 0.3) is 0 Å². The summed E-state index contributed by atoms with van der Waals surface area (Å²) in [5.41, 5.74) is 1.39. The van der Waals surface area contributed by atoms with E-state index in [1.807, 2.05) is 0 Å². The van der Waals surface area contributed by atoms with Crippen LogP contribution < -0.4 is 10.2 Å². The normalized spacial score (nSPS) is 19.6. The first-order valence-corrected chi connectivity index (χ1v) is 6.67. The lowest BCUT2D eigenvalue weighted by Crippen LogP contribution is -2.26. The van der Waals surface area contributed by atoms with Gasteiger partial charge < -0.3 is 25.5 Å². The largest absolute Gasteiger partial charge is 0.481 e. The van der Waals surface area contributed by atoms with Crippen LogP contribution in [0.1, 0.15) is 6.42 Å². The molecule has 2 rings (SSSR count). The van der Waals surface area contributed by atoms with E-state index in [0.29, 0.717) is 5.69 Å². The van der Waals surface area contributed by atoms with E-state index in [2.05, 4.69) is 5.32 Å². The number of aliphatic hydroxyl groups is 2. The summed E-state index contributed by atoms with van der Waals surface area (Å²) in [4.78, 5) is 24.2. The Balaban J connectivity index is 1.99. The minimum Gasteiger partial charge on any atom is -0.481 e. The Kier molecular flexibility index (Phi) is 4.77. The second-order valence-electron chi connectivity index (χ2n) is 5.01. The third kappa shape index (κ3) is 3.71. The van der Waals surface area contributed by atoms with Crippen LogP contribution in [0.3, 0.4) is 0 Å². The van der Waals surface area contributed by atoms with Crippen molar-refractivity contribution in [2.24, 2.45) is 5.92 Å². The monoisotopic (exact) mass is 294 g/mol. The zero-order valence-electron chi connectivity index (χ0n) is 11.4. The van der Waals surface area contributed by atoms with Crippen molar-refractivity contribution in [2.45, 2.75) is 12.5 Å². The van der Waals surface area contributed by atoms with Crippen LogP contribution in [0.15, 0.2) is 24.3 Å². The molecule has 1 amide bonds. The van der Waals surface area contributed by atoms with Crippen molar-refractivity contribution in [1.82, 2.24) is 0 Å². The molecule has 1 fully saturated rings. The van der Waals surface area contributed by atoms with Gasteiger partial charge in [0.1, 0.15) is 0 Å². The predicted octanol–water partition coefficient (Wildman–Crippen LogP) is -0.111. The molecular formula is C14H18N2O5. The minimum absolute atomic E-state index is 0.0258. The van der Waals surface area contributed by atoms with Gasteiger partial charge in [-0.2, -0.15) is 0 Å². The van der Waals surface area contributed by atoms with Crippen molar-refractivity contribution in [3.8, 4) is 0 Å². The van der Waals surface area contributed by atoms with Gasteiger partial charge in [0.2, 0.25) is 5.91 Å². The maximum absolute atomic E-state index is 11.8. The van der Waals surface area contributed by atoms with E-state index in [1.54, 1.807) is 24.3 Å². The van der Waals surface area contributed by atoms with Gasteiger partial charge >= 0.3 is 5.97 Å². The number of rotatable bonds is 6. The first kappa shape index (κ1) is 15.3. The molecule has 114 valence electrons. The fourth-order valence-electron chi connectivity index (χ4n) is 2.18. The highest BCUT2D eigenvalue weighted by atomic mass is 16.4. The number of anilines is 2. The van der Waals surface area contributed by atoms with Crippen molar-refractivity contribution in [3.63, 3.8) is 0 Å². The molecule has 1 aliphatic rings. The first-order chi connectivity index (χ1) is 10.0. The van der Waals surface area contributed by atoms with Gasteiger partial charge in [-0.15, -0.1) is 0 Å². The van der Waals surface area contributed by atoms with Crippen molar-refractivity contribution >= 4 is 23.3 Å². The highest BCUT2D eigenvalue weighted by molar-refractivity contribution is 5.99. The third-order valence-corrected chi connectivity index (χ3v) is 3.41. The van der Waals surface area contributed by atoms with Crippen LogP contribution in [0, 0.1) is 5.92 Å². The number of aliphatic hydroxyl groups excluding tert-OH is 2. The van der Waals surface area contributed by atoms with Crippen molar-refractivity contribution in [2.75, 3.05) is 29.9 Å². The molecule has 1 aromatic rings. The number of carbonyl (C=O) groups excluding carboxylic acids is 1. The number of nitrogens with one attached hydrogen (secondary N) is 1. The number of hydrogen-bond donors (Lipinski definition) is 4. The molecule has 1 saturated heterocycles. The summed E-state index contributed by atoms with van der Waals surface area (Å²) in [5.74, 6) is -1.81. The Morgan fingerprint density at radius 2 is 2.05 bits per heavy atom. The molecule has 0 spiro atoms. The molecule has 2 unspecified atom stereocenters. The zero-order valence-corrected chi connectivity index (χ0v) is 11.4. The molecule has 0 aromatic heterocycles. The molecule has 1 heterocycles. The van der Waals surface area contributed by atoms with Gasteiger partial charge in [-0.05, 0) is 24.3 Å². The topological polar surface area (TPSA) is 110 Å². The van der Waals surface area contributed by atoms with E-state index in [4.69, 9.17) is 10.2 Å². The summed E-state index contributed by atoms with van der Waals surface area (Å²) in [7, 11) is 0. The van der Waals surface area contributed by atoms with Crippen LogP contribution in [-0.4, -0.2) is 53.0 Å². The number of carboxylic acids is 1. The molecule has 0 radical (unpaired) electrons. The summed E-state index contributed by atoms with van der Waals surface area (Å²) < 4.78 is 0. The molecule has 4 N–H and O–H groups in total. The predicted molar refractivity (Wildman–Crippen MR) is 76.1 cm³/mol. The maximum Gasteiger partial charge on any atom is 0.308 e. The molecule has 1 aromatic carbocycles. The number of amides is 1. The van der Waals surface area contributed by atoms with E-state index in [-0.39, 0.29) is 32.0 Å². The smallest absolute Gasteiger partial charge is 0.308 e. The molecule has 0 aliphatic carbocycles. The van der Waals surface area contributed by atoms with E-state index >= 15 is 0 Å². The first-order valence-electron chi connectivity index (χ1n) is 6.67. The maximum atomic E-state index is 11.8. The number of benzene rings is 1. The fourth-order valence-corrected chi connectivity index (χ4v) is 2.18. The number of carbonyl (C=O) groups is 2. The molecular weight excluding hydrogens is 276 g/mol. The molecule has 7 nitrogen and oxygen atoms in total. The Labute approximate surface area is 121 Å². The lowest BCUT2D eigenvalue weighted by Gasteiger charge is -2.17. The molecule has 1 aliphatic heterocycles. The van der Waals surface area contributed by atoms with E-state index < -0.39 is 18.0 Å². The van der Waals surface area contributed by atoms with Crippen molar-refractivity contribution in [3.05, 3.63) is 24.3 Å². The Morgan fingerprint density at radius 1 is 1.38 bits per heavy atom. The van der Waals surface area contributed by atoms with E-state index in [0.717, 1.165) is 5.69 Å². The zero-order chi connectivity index (χ0) is 15.4. The van der Waals surface area contributed by atoms with Crippen LogP contribution in [0.2, 0.25) is 0 Å². The van der Waals surface area contributed by atoms with E-state index in [9.17, 15) is 14.7 Å². The summed E-state index contributed by atoms with van der Waals surface area (Å²) in [6.07, 6.45) is -0.806. The molecule has 21 heavy (non-hydrogen) atoms. The number of aliphatic carboxylic acids is 1. The standard InChI is InChI=1S/C14H18N2O5/c17-8-12(18)6-15-10-1-3-11(4-2-10)16-7-9(14(20)21)5-13(16)19/h1-4,9,12,15,17-18H,5-8H2,(H,20,21). The molecule has 2 atom stereocenters. The number of nitrogens with zero attached hydrogens (tertiary/aromatic N) is 1. The average molecular weight is 294 g/mol. The molecule has 7 heteroatoms. The summed E-state index contributed by atoms with van der Waals surface area (Å²) in [6, 6.07) is 6.91. The third-order valence-electron chi connectivity index (χ3n) is 3.41. The Hall–Kier alpha value is -2.12. The number of hydrogen-bond acceptors (Lipinski definition) is 5. The van der Waals surface area contributed by atoms with Crippen LogP contribution in [0.5, 0.6) is 0 Å². The van der Waals surface area contributed by atoms with Crippen LogP contribution in [-0.2, 0) is 9.59 Å². The quantitative estimate of drug-likeness (QED) is 0.583. The average Bonchev–Trinajstić information content (AvgIpc) is 2.87. The highest BCUT2D eigenvalue weighted by Crippen LogP contribution is 2.26. The highest BCUT2D eigenvalue weighted by Gasteiger charge is 2.34. The molecule has 0 bridgehead atoms. The van der Waals surface area contributed by atoms with E-state index in [1.165, 1.54) is 4.90 Å². The summed E-state index contributed by atoms with van der Waals surface area (Å²) in [6.45, 7) is 0.0910.